The summed E-state index contributed by atoms with van der Waals surface area (Å²) in [5.74, 6) is 0.950. The summed E-state index contributed by atoms with van der Waals surface area (Å²) in [4.78, 5) is 11.9. The number of hydrogen-bond acceptors (Lipinski definition) is 2. The van der Waals surface area contributed by atoms with E-state index in [4.69, 9.17) is 0 Å². The van der Waals surface area contributed by atoms with Gasteiger partial charge in [-0.1, -0.05) is 20.8 Å². The van der Waals surface area contributed by atoms with E-state index in [1.807, 2.05) is 0 Å². The highest BCUT2D eigenvalue weighted by Gasteiger charge is 2.24. The van der Waals surface area contributed by atoms with Gasteiger partial charge in [-0.3, -0.25) is 4.79 Å². The summed E-state index contributed by atoms with van der Waals surface area (Å²) >= 11 is 0. The van der Waals surface area contributed by atoms with Gasteiger partial charge in [-0.15, -0.1) is 12.4 Å². The van der Waals surface area contributed by atoms with E-state index in [1.54, 1.807) is 0 Å². The second kappa shape index (κ2) is 9.60. The smallest absolute Gasteiger partial charge is 0.220 e. The minimum absolute atomic E-state index is 0. The molecule has 0 aromatic heterocycles. The van der Waals surface area contributed by atoms with E-state index in [1.165, 1.54) is 6.42 Å². The quantitative estimate of drug-likeness (QED) is 0.721. The van der Waals surface area contributed by atoms with Crippen LogP contribution in [0.5, 0.6) is 0 Å². The fraction of sp³-hybridized carbons (Fsp3) is 0.933. The third-order valence-corrected chi connectivity index (χ3v) is 4.85. The number of hydrogen-bond donors (Lipinski definition) is 2. The molecule has 0 saturated carbocycles. The van der Waals surface area contributed by atoms with Crippen molar-refractivity contribution < 1.29 is 4.79 Å². The minimum Gasteiger partial charge on any atom is -0.356 e. The lowest BCUT2D eigenvalue weighted by Gasteiger charge is -2.30. The van der Waals surface area contributed by atoms with Crippen LogP contribution >= 0.6 is 12.4 Å². The van der Waals surface area contributed by atoms with Crippen molar-refractivity contribution in [2.75, 3.05) is 19.6 Å². The third-order valence-electron chi connectivity index (χ3n) is 4.85. The predicted octanol–water partition coefficient (Wildman–Crippen LogP) is 3.13. The molecule has 1 unspecified atom stereocenters. The van der Waals surface area contributed by atoms with Crippen molar-refractivity contribution in [2.45, 2.75) is 59.3 Å². The molecule has 0 spiro atoms. The highest BCUT2D eigenvalue weighted by molar-refractivity contribution is 5.85. The second-order valence-electron chi connectivity index (χ2n) is 5.73. The van der Waals surface area contributed by atoms with Gasteiger partial charge in [-0.25, -0.2) is 0 Å². The largest absolute Gasteiger partial charge is 0.356 e. The normalized spacial score (nSPS) is 19.0. The molecule has 1 aliphatic rings. The first-order valence-corrected chi connectivity index (χ1v) is 7.63. The summed E-state index contributed by atoms with van der Waals surface area (Å²) in [7, 11) is 0. The van der Waals surface area contributed by atoms with Crippen LogP contribution in [-0.2, 0) is 4.79 Å². The van der Waals surface area contributed by atoms with Crippen LogP contribution < -0.4 is 10.6 Å². The third kappa shape index (κ3) is 6.13. The van der Waals surface area contributed by atoms with Crippen molar-refractivity contribution in [3.63, 3.8) is 0 Å². The maximum Gasteiger partial charge on any atom is 0.220 e. The fourth-order valence-corrected chi connectivity index (χ4v) is 2.80. The zero-order valence-corrected chi connectivity index (χ0v) is 13.6. The zero-order valence-electron chi connectivity index (χ0n) is 12.8. The Kier molecular flexibility index (Phi) is 9.46. The summed E-state index contributed by atoms with van der Waals surface area (Å²) in [5, 5.41) is 6.49. The summed E-state index contributed by atoms with van der Waals surface area (Å²) < 4.78 is 0. The average Bonchev–Trinajstić information content (AvgIpc) is 2.92. The Morgan fingerprint density at radius 1 is 1.26 bits per heavy atom. The van der Waals surface area contributed by atoms with Gasteiger partial charge in [-0.05, 0) is 56.5 Å². The van der Waals surface area contributed by atoms with E-state index in [9.17, 15) is 4.79 Å². The molecule has 0 aromatic carbocycles. The maximum atomic E-state index is 11.9. The lowest BCUT2D eigenvalue weighted by molar-refractivity contribution is -0.121. The molecule has 1 aliphatic heterocycles. The molecule has 1 saturated heterocycles. The van der Waals surface area contributed by atoms with Crippen LogP contribution in [0.3, 0.4) is 0 Å². The van der Waals surface area contributed by atoms with Crippen molar-refractivity contribution >= 4 is 18.3 Å². The number of nitrogens with one attached hydrogen (secondary N) is 2. The molecule has 1 atom stereocenters. The zero-order chi connectivity index (χ0) is 13.4. The highest BCUT2D eigenvalue weighted by atomic mass is 35.5. The van der Waals surface area contributed by atoms with Crippen LogP contribution in [0, 0.1) is 11.3 Å². The van der Waals surface area contributed by atoms with Crippen molar-refractivity contribution in [3.8, 4) is 0 Å². The molecule has 1 heterocycles. The summed E-state index contributed by atoms with van der Waals surface area (Å²) in [6.07, 6.45) is 6.40. The van der Waals surface area contributed by atoms with Crippen LogP contribution in [0.25, 0.3) is 0 Å². The van der Waals surface area contributed by atoms with Gasteiger partial charge in [0.25, 0.3) is 0 Å². The Morgan fingerprint density at radius 3 is 2.37 bits per heavy atom. The molecular weight excluding hydrogens is 260 g/mol. The summed E-state index contributed by atoms with van der Waals surface area (Å²) in [6, 6.07) is 0. The number of halogens is 1. The van der Waals surface area contributed by atoms with Gasteiger partial charge in [0, 0.05) is 13.0 Å². The molecule has 1 rings (SSSR count). The molecule has 1 amide bonds. The maximum absolute atomic E-state index is 11.9. The van der Waals surface area contributed by atoms with Crippen LogP contribution in [0.15, 0.2) is 0 Å². The van der Waals surface area contributed by atoms with Gasteiger partial charge in [-0.2, -0.15) is 0 Å². The Hall–Kier alpha value is -0.280. The monoisotopic (exact) mass is 290 g/mol. The lowest BCUT2D eigenvalue weighted by atomic mass is 9.80. The van der Waals surface area contributed by atoms with E-state index in [0.717, 1.165) is 45.3 Å². The predicted molar refractivity (Wildman–Crippen MR) is 83.8 cm³/mol. The second-order valence-corrected chi connectivity index (χ2v) is 5.73. The first kappa shape index (κ1) is 18.7. The van der Waals surface area contributed by atoms with Crippen molar-refractivity contribution in [1.82, 2.24) is 10.6 Å². The number of carbonyl (C=O) groups excluding carboxylic acids is 1. The molecule has 0 bridgehead atoms. The molecule has 19 heavy (non-hydrogen) atoms. The van der Waals surface area contributed by atoms with Gasteiger partial charge >= 0.3 is 0 Å². The van der Waals surface area contributed by atoms with Crippen LogP contribution in [0.2, 0.25) is 0 Å². The molecule has 114 valence electrons. The number of carbonyl (C=O) groups is 1. The van der Waals surface area contributed by atoms with Crippen LogP contribution in [-0.4, -0.2) is 25.5 Å². The Balaban J connectivity index is 0.00000324. The molecular formula is C15H31ClN2O. The highest BCUT2D eigenvalue weighted by Crippen LogP contribution is 2.29. The van der Waals surface area contributed by atoms with Gasteiger partial charge in [0.1, 0.15) is 0 Å². The van der Waals surface area contributed by atoms with Gasteiger partial charge < -0.3 is 10.6 Å². The van der Waals surface area contributed by atoms with E-state index in [0.29, 0.717) is 17.8 Å². The number of rotatable bonds is 8. The van der Waals surface area contributed by atoms with Crippen LogP contribution in [0.1, 0.15) is 59.3 Å². The van der Waals surface area contributed by atoms with E-state index < -0.39 is 0 Å². The van der Waals surface area contributed by atoms with Crippen molar-refractivity contribution in [1.29, 1.82) is 0 Å². The molecule has 2 N–H and O–H groups in total. The molecule has 0 aliphatic carbocycles. The summed E-state index contributed by atoms with van der Waals surface area (Å²) in [5.41, 5.74) is 0.310. The SMILES string of the molecule is CCC(CC)(CC)CNC(=O)CCC1CCNC1.Cl. The van der Waals surface area contributed by atoms with E-state index >= 15 is 0 Å². The summed E-state index contributed by atoms with van der Waals surface area (Å²) in [6.45, 7) is 9.74. The fourth-order valence-electron chi connectivity index (χ4n) is 2.80. The van der Waals surface area contributed by atoms with Gasteiger partial charge in [0.2, 0.25) is 5.91 Å². The Labute approximate surface area is 124 Å². The van der Waals surface area contributed by atoms with Gasteiger partial charge in [0.15, 0.2) is 0 Å². The minimum atomic E-state index is 0. The molecule has 1 fully saturated rings. The van der Waals surface area contributed by atoms with Crippen LogP contribution in [0.4, 0.5) is 0 Å². The molecule has 0 radical (unpaired) electrons. The van der Waals surface area contributed by atoms with Crippen molar-refractivity contribution in [3.05, 3.63) is 0 Å². The topological polar surface area (TPSA) is 41.1 Å². The Morgan fingerprint density at radius 2 is 1.89 bits per heavy atom. The standard InChI is InChI=1S/C15H30N2O.ClH/c1-4-15(5-2,6-3)12-17-14(18)8-7-13-9-10-16-11-13;/h13,16H,4-12H2,1-3H3,(H,17,18);1H. The Bertz CT molecular complexity index is 240. The van der Waals surface area contributed by atoms with E-state index in [2.05, 4.69) is 31.4 Å². The first-order valence-electron chi connectivity index (χ1n) is 7.63. The van der Waals surface area contributed by atoms with Gasteiger partial charge in [0.05, 0.1) is 0 Å². The first-order chi connectivity index (χ1) is 8.65. The number of amides is 1. The average molecular weight is 291 g/mol. The molecule has 4 heteroatoms. The molecule has 3 nitrogen and oxygen atoms in total. The van der Waals surface area contributed by atoms with E-state index in [-0.39, 0.29) is 18.3 Å². The molecule has 0 aromatic rings. The lowest BCUT2D eigenvalue weighted by Crippen LogP contribution is -2.36. The van der Waals surface area contributed by atoms with Crippen molar-refractivity contribution in [2.24, 2.45) is 11.3 Å².